The van der Waals surface area contributed by atoms with Gasteiger partial charge in [0.1, 0.15) is 0 Å². The summed E-state index contributed by atoms with van der Waals surface area (Å²) in [6.07, 6.45) is 41.4. The monoisotopic (exact) mass is 1780 g/mol. The maximum absolute atomic E-state index is 15.9. The molecule has 1 aliphatic carbocycles. The standard InChI is InChI=1S/C106H128N4O4S8/c1-9-17-25-33-41-69-110-99(95-97(105(110)114)101(109(103(95)112)68-40-32-24-16-8)93-63-59-89(122-93)87-57-55-85(120-87)83-51-47-75(116-83)43-35-27-19-11-3)91-61-53-81(118-91)73-45-49-77-76-48-44-72(70-78(76)106(79(77)71-73,64-36-28-20-12-4)65-37-29-21-13-5)80-52-60-90(117-80)98-94-96(104(113)107(98)66-38-30-22-14-6)100(108(102(94)111)67-39-31-23-15-7)92-62-58-88(121-92)86-56-54-84(119-86)82-50-46-74(115-82)42-34-26-18-10-2/h44-63,70-71H,9-43,64-69H2,1-8H3. The molecule has 16 heteroatoms. The summed E-state index contributed by atoms with van der Waals surface area (Å²) in [5, 5.41) is 0. The predicted octanol–water partition coefficient (Wildman–Crippen LogP) is 33.0. The van der Waals surface area contributed by atoms with Crippen LogP contribution in [0.1, 0.15) is 321 Å². The van der Waals surface area contributed by atoms with E-state index in [-0.39, 0.29) is 29.0 Å². The van der Waals surface area contributed by atoms with Crippen LogP contribution in [0, 0.1) is 0 Å². The smallest absolute Gasteiger partial charge is 0.261 e. The summed E-state index contributed by atoms with van der Waals surface area (Å²) in [5.41, 5.74) is 13.0. The fourth-order valence-corrected chi connectivity index (χ4v) is 27.9. The number of carbonyl (C=O) groups excluding carboxylic acids is 4. The van der Waals surface area contributed by atoms with Crippen molar-refractivity contribution in [2.75, 3.05) is 26.2 Å². The van der Waals surface area contributed by atoms with Crippen molar-refractivity contribution in [3.63, 3.8) is 0 Å². The van der Waals surface area contributed by atoms with Gasteiger partial charge in [0, 0.05) is 90.1 Å². The van der Waals surface area contributed by atoms with Crippen molar-refractivity contribution < 1.29 is 19.2 Å². The van der Waals surface area contributed by atoms with Crippen molar-refractivity contribution in [2.45, 2.75) is 298 Å². The van der Waals surface area contributed by atoms with Gasteiger partial charge in [-0.2, -0.15) is 0 Å². The fraction of sp³-hybridized carbons (Fsp3) is 0.472. The lowest BCUT2D eigenvalue weighted by atomic mass is 9.70. The van der Waals surface area contributed by atoms with Gasteiger partial charge in [0.15, 0.2) is 0 Å². The predicted molar refractivity (Wildman–Crippen MR) is 530 cm³/mol. The average molecular weight is 1780 g/mol. The van der Waals surface area contributed by atoms with E-state index >= 15 is 19.2 Å². The van der Waals surface area contributed by atoms with Crippen LogP contribution in [0.5, 0.6) is 0 Å². The van der Waals surface area contributed by atoms with Crippen molar-refractivity contribution in [3.05, 3.63) is 196 Å². The number of thiophene rings is 8. The second-order valence-corrected chi connectivity index (χ2v) is 43.5. The summed E-state index contributed by atoms with van der Waals surface area (Å²) in [6.45, 7) is 20.4. The summed E-state index contributed by atoms with van der Waals surface area (Å²) in [6, 6.07) is 50.7. The van der Waals surface area contributed by atoms with Gasteiger partial charge in [-0.3, -0.25) is 19.2 Å². The van der Waals surface area contributed by atoms with E-state index in [1.54, 1.807) is 45.3 Å². The van der Waals surface area contributed by atoms with Crippen molar-refractivity contribution >= 4 is 137 Å². The Morgan fingerprint density at radius 2 is 0.459 bits per heavy atom. The Hall–Kier alpha value is -7.12. The largest absolute Gasteiger partial charge is 0.306 e. The molecule has 15 rings (SSSR count). The van der Waals surface area contributed by atoms with E-state index < -0.39 is 0 Å². The van der Waals surface area contributed by atoms with E-state index in [0.29, 0.717) is 48.5 Å². The SMILES string of the molecule is CCCCCCCN1C(=O)C2=C(c3ccc(-c4ccc(-c5ccc(CCCCCC)s5)s4)s3)N(CCCCCC)C(=O)C2=C1c1ccc(-c2ccc3c(c2)C(CCCCCC)(CCCCCC)c2cc(-c4ccc(C5=C6C(=O)N(CCCCCC)C(c7ccc(-c8ccc(-c9ccc(CCCCCC)s9)s8)s7)=C6C(=O)N5CCCCCC)s4)ccc2-3)s1. The molecule has 0 saturated carbocycles. The second kappa shape index (κ2) is 42.9. The third-order valence-corrected chi connectivity index (χ3v) is 35.5. The molecule has 0 saturated heterocycles. The molecule has 8 nitrogen and oxygen atoms in total. The van der Waals surface area contributed by atoms with E-state index in [1.165, 1.54) is 162 Å². The highest BCUT2D eigenvalue weighted by molar-refractivity contribution is 7.27. The molecule has 0 spiro atoms. The lowest BCUT2D eigenvalue weighted by Crippen LogP contribution is -2.30. The number of fused-ring (bicyclic) bond motifs is 5. The molecule has 10 aromatic rings. The fourth-order valence-electron chi connectivity index (χ4n) is 19.2. The van der Waals surface area contributed by atoms with Crippen LogP contribution in [0.15, 0.2) is 156 Å². The highest BCUT2D eigenvalue weighted by atomic mass is 32.1. The molecule has 0 N–H and O–H groups in total. The minimum atomic E-state index is -0.253. The Bertz CT molecular complexity index is 5390. The molecule has 4 amide bonds. The molecule has 0 fully saturated rings. The number of rotatable bonds is 51. The first-order valence-corrected chi connectivity index (χ1v) is 53.8. The molecule has 8 aromatic heterocycles. The van der Waals surface area contributed by atoms with Crippen LogP contribution in [0.4, 0.5) is 0 Å². The van der Waals surface area contributed by atoms with Crippen LogP contribution in [0.2, 0.25) is 0 Å². The van der Waals surface area contributed by atoms with Gasteiger partial charge in [-0.05, 0) is 207 Å². The second-order valence-electron chi connectivity index (χ2n) is 34.7. The molecule has 644 valence electrons. The Morgan fingerprint density at radius 3 is 0.762 bits per heavy atom. The average Bonchev–Trinajstić information content (AvgIpc) is 1.56. The zero-order valence-corrected chi connectivity index (χ0v) is 80.4. The quantitative estimate of drug-likeness (QED) is 0.0356. The molecule has 0 unspecified atom stereocenters. The number of hydrogen-bond acceptors (Lipinski definition) is 12. The van der Waals surface area contributed by atoms with Gasteiger partial charge in [0.2, 0.25) is 0 Å². The minimum Gasteiger partial charge on any atom is -0.306 e. The molecule has 5 aliphatic rings. The third-order valence-electron chi connectivity index (χ3n) is 25.8. The van der Waals surface area contributed by atoms with Crippen molar-refractivity contribution in [1.29, 1.82) is 0 Å². The van der Waals surface area contributed by atoms with Crippen molar-refractivity contribution in [2.24, 2.45) is 0 Å². The summed E-state index contributed by atoms with van der Waals surface area (Å²) in [4.78, 5) is 90.3. The van der Waals surface area contributed by atoms with E-state index in [1.807, 2.05) is 64.9 Å². The van der Waals surface area contributed by atoms with Gasteiger partial charge in [0.05, 0.1) is 64.6 Å². The van der Waals surface area contributed by atoms with E-state index in [2.05, 4.69) is 189 Å². The lowest BCUT2D eigenvalue weighted by molar-refractivity contribution is -0.124. The molecule has 12 heterocycles. The molecule has 0 radical (unpaired) electrons. The van der Waals surface area contributed by atoms with Gasteiger partial charge in [-0.1, -0.05) is 253 Å². The van der Waals surface area contributed by atoms with E-state index in [9.17, 15) is 0 Å². The summed E-state index contributed by atoms with van der Waals surface area (Å²) >= 11 is 14.4. The van der Waals surface area contributed by atoms with Gasteiger partial charge < -0.3 is 19.6 Å². The molecular formula is C106H128N4O4S8. The first kappa shape index (κ1) is 89.7. The lowest BCUT2D eigenvalue weighted by Gasteiger charge is -2.33. The number of nitrogens with zero attached hydrogens (tertiary/aromatic N) is 4. The minimum absolute atomic E-state index is 0.0425. The Labute approximate surface area is 761 Å². The molecule has 0 atom stereocenters. The number of aryl methyl sites for hydroxylation is 2. The first-order valence-electron chi connectivity index (χ1n) is 47.2. The van der Waals surface area contributed by atoms with Crippen LogP contribution >= 0.6 is 90.7 Å². The maximum Gasteiger partial charge on any atom is 0.261 e. The highest BCUT2D eigenvalue weighted by Crippen LogP contribution is 2.59. The summed E-state index contributed by atoms with van der Waals surface area (Å²) < 4.78 is 0. The van der Waals surface area contributed by atoms with Crippen LogP contribution in [-0.4, -0.2) is 69.4 Å². The van der Waals surface area contributed by atoms with Gasteiger partial charge in [-0.15, -0.1) is 90.7 Å². The van der Waals surface area contributed by atoms with Gasteiger partial charge in [-0.25, -0.2) is 0 Å². The van der Waals surface area contributed by atoms with E-state index in [4.69, 9.17) is 0 Å². The Morgan fingerprint density at radius 1 is 0.230 bits per heavy atom. The van der Waals surface area contributed by atoms with Gasteiger partial charge in [0.25, 0.3) is 23.6 Å². The number of unbranched alkanes of at least 4 members (excludes halogenated alkanes) is 25. The molecule has 122 heavy (non-hydrogen) atoms. The van der Waals surface area contributed by atoms with Crippen molar-refractivity contribution in [1.82, 2.24) is 19.6 Å². The summed E-state index contributed by atoms with van der Waals surface area (Å²) in [7, 11) is 0. The molecular weight excluding hydrogens is 1650 g/mol. The van der Waals surface area contributed by atoms with Crippen molar-refractivity contribution in [3.8, 4) is 71.0 Å². The summed E-state index contributed by atoms with van der Waals surface area (Å²) in [5.74, 6) is -0.178. The van der Waals surface area contributed by atoms with Crippen LogP contribution in [0.25, 0.3) is 93.8 Å². The maximum atomic E-state index is 15.9. The Kier molecular flexibility index (Phi) is 31.6. The zero-order valence-electron chi connectivity index (χ0n) is 73.9. The van der Waals surface area contributed by atoms with E-state index in [0.717, 1.165) is 209 Å². The third kappa shape index (κ3) is 19.4. The number of amides is 4. The van der Waals surface area contributed by atoms with Crippen LogP contribution in [0.3, 0.4) is 0 Å². The Balaban J connectivity index is 0.777. The zero-order chi connectivity index (χ0) is 84.6. The van der Waals surface area contributed by atoms with Crippen LogP contribution < -0.4 is 0 Å². The number of hydrogen-bond donors (Lipinski definition) is 0. The first-order chi connectivity index (χ1) is 59.9. The van der Waals surface area contributed by atoms with Gasteiger partial charge >= 0.3 is 0 Å². The van der Waals surface area contributed by atoms with Crippen LogP contribution in [-0.2, 0) is 37.4 Å². The number of benzene rings is 2. The highest BCUT2D eigenvalue weighted by Gasteiger charge is 2.52. The molecule has 0 bridgehead atoms. The normalized spacial score (nSPS) is 15.0. The molecule has 4 aliphatic heterocycles. The molecule has 2 aromatic carbocycles. The topological polar surface area (TPSA) is 81.2 Å². The number of carbonyl (C=O) groups is 4.